The lowest BCUT2D eigenvalue weighted by molar-refractivity contribution is 0.306. The quantitative estimate of drug-likeness (QED) is 0.757. The van der Waals surface area contributed by atoms with Crippen molar-refractivity contribution >= 4 is 21.4 Å². The van der Waals surface area contributed by atoms with Crippen molar-refractivity contribution in [2.24, 2.45) is 0 Å². The van der Waals surface area contributed by atoms with E-state index in [9.17, 15) is 4.39 Å². The van der Waals surface area contributed by atoms with Crippen LogP contribution >= 0.6 is 11.3 Å². The molecule has 0 aliphatic rings. The van der Waals surface area contributed by atoms with E-state index < -0.39 is 0 Å². The third kappa shape index (κ3) is 3.06. The molecule has 2 nitrogen and oxygen atoms in total. The summed E-state index contributed by atoms with van der Waals surface area (Å²) in [6.45, 7) is 1.31. The van der Waals surface area contributed by atoms with Crippen LogP contribution in [-0.2, 0) is 13.2 Å². The standard InChI is InChI=1S/C17H16FNOS/c1-19-10-17-15(14-4-2-3-5-16(14)21-17)11-20-13-8-6-12(18)7-9-13/h2-9,19H,10-11H2,1H3. The number of hydrogen-bond donors (Lipinski definition) is 1. The zero-order valence-electron chi connectivity index (χ0n) is 11.7. The molecule has 108 valence electrons. The Bertz CT molecular complexity index is 736. The molecule has 1 heterocycles. The second-order valence-electron chi connectivity index (χ2n) is 4.77. The molecule has 1 aromatic heterocycles. The van der Waals surface area contributed by atoms with Crippen molar-refractivity contribution in [3.8, 4) is 5.75 Å². The zero-order valence-corrected chi connectivity index (χ0v) is 12.5. The van der Waals surface area contributed by atoms with Crippen molar-refractivity contribution in [2.45, 2.75) is 13.2 Å². The molecule has 0 unspecified atom stereocenters. The largest absolute Gasteiger partial charge is 0.489 e. The summed E-state index contributed by atoms with van der Waals surface area (Å²) in [6.07, 6.45) is 0. The highest BCUT2D eigenvalue weighted by Gasteiger charge is 2.12. The third-order valence-electron chi connectivity index (χ3n) is 3.32. The summed E-state index contributed by atoms with van der Waals surface area (Å²) in [6, 6.07) is 14.5. The molecule has 3 rings (SSSR count). The Morgan fingerprint density at radius 2 is 1.86 bits per heavy atom. The minimum Gasteiger partial charge on any atom is -0.489 e. The summed E-state index contributed by atoms with van der Waals surface area (Å²) in [4.78, 5) is 1.28. The van der Waals surface area contributed by atoms with Gasteiger partial charge >= 0.3 is 0 Å². The fraction of sp³-hybridized carbons (Fsp3) is 0.176. The molecule has 0 amide bonds. The number of nitrogens with one attached hydrogen (secondary N) is 1. The first-order valence-corrected chi connectivity index (χ1v) is 7.62. The van der Waals surface area contributed by atoms with Gasteiger partial charge in [0.15, 0.2) is 0 Å². The second kappa shape index (κ2) is 6.24. The predicted molar refractivity (Wildman–Crippen MR) is 85.3 cm³/mol. The van der Waals surface area contributed by atoms with E-state index in [1.807, 2.05) is 19.2 Å². The molecule has 0 bridgehead atoms. The molecule has 1 N–H and O–H groups in total. The summed E-state index contributed by atoms with van der Waals surface area (Å²) in [5, 5.41) is 4.43. The first-order valence-electron chi connectivity index (χ1n) is 6.80. The average Bonchev–Trinajstić information content (AvgIpc) is 2.85. The molecule has 0 saturated carbocycles. The third-order valence-corrected chi connectivity index (χ3v) is 4.53. The van der Waals surface area contributed by atoms with Crippen LogP contribution < -0.4 is 10.1 Å². The minimum atomic E-state index is -0.251. The Kier molecular flexibility index (Phi) is 4.18. The molecule has 2 aromatic carbocycles. The number of rotatable bonds is 5. The maximum atomic E-state index is 12.9. The van der Waals surface area contributed by atoms with Crippen molar-refractivity contribution in [1.29, 1.82) is 0 Å². The van der Waals surface area contributed by atoms with Gasteiger partial charge in [0, 0.05) is 21.7 Å². The summed E-state index contributed by atoms with van der Waals surface area (Å²) >= 11 is 1.78. The summed E-state index contributed by atoms with van der Waals surface area (Å²) in [5.41, 5.74) is 1.20. The molecule has 3 aromatic rings. The van der Waals surface area contributed by atoms with Gasteiger partial charge in [0.25, 0.3) is 0 Å². The van der Waals surface area contributed by atoms with Crippen LogP contribution in [0.3, 0.4) is 0 Å². The van der Waals surface area contributed by atoms with Gasteiger partial charge in [-0.25, -0.2) is 4.39 Å². The molecule has 0 saturated heterocycles. The zero-order chi connectivity index (χ0) is 14.7. The van der Waals surface area contributed by atoms with Crippen molar-refractivity contribution < 1.29 is 9.13 Å². The van der Waals surface area contributed by atoms with Crippen LogP contribution in [-0.4, -0.2) is 7.05 Å². The molecule has 21 heavy (non-hydrogen) atoms. The van der Waals surface area contributed by atoms with Gasteiger partial charge in [0.2, 0.25) is 0 Å². The van der Waals surface area contributed by atoms with Crippen LogP contribution in [0.25, 0.3) is 10.1 Å². The van der Waals surface area contributed by atoms with Gasteiger partial charge < -0.3 is 10.1 Å². The number of fused-ring (bicyclic) bond motifs is 1. The van der Waals surface area contributed by atoms with Crippen LogP contribution in [0.2, 0.25) is 0 Å². The van der Waals surface area contributed by atoms with E-state index in [2.05, 4.69) is 17.4 Å². The number of ether oxygens (including phenoxy) is 1. The maximum absolute atomic E-state index is 12.9. The molecular formula is C17H16FNOS. The van der Waals surface area contributed by atoms with Gasteiger partial charge in [-0.2, -0.15) is 0 Å². The Balaban J connectivity index is 1.87. The lowest BCUT2D eigenvalue weighted by atomic mass is 10.1. The van der Waals surface area contributed by atoms with Crippen LogP contribution in [0.15, 0.2) is 48.5 Å². The highest BCUT2D eigenvalue weighted by molar-refractivity contribution is 7.19. The highest BCUT2D eigenvalue weighted by Crippen LogP contribution is 2.32. The van der Waals surface area contributed by atoms with Crippen molar-refractivity contribution in [3.63, 3.8) is 0 Å². The fourth-order valence-corrected chi connectivity index (χ4v) is 3.52. The van der Waals surface area contributed by atoms with Crippen LogP contribution in [0.4, 0.5) is 4.39 Å². The van der Waals surface area contributed by atoms with Crippen molar-refractivity contribution in [3.05, 3.63) is 64.8 Å². The monoisotopic (exact) mass is 301 g/mol. The van der Waals surface area contributed by atoms with Crippen LogP contribution in [0.5, 0.6) is 5.75 Å². The van der Waals surface area contributed by atoms with E-state index in [1.54, 1.807) is 23.5 Å². The van der Waals surface area contributed by atoms with Gasteiger partial charge in [-0.3, -0.25) is 0 Å². The van der Waals surface area contributed by atoms with E-state index in [1.165, 1.54) is 32.7 Å². The Morgan fingerprint density at radius 3 is 2.62 bits per heavy atom. The first-order chi connectivity index (χ1) is 10.3. The topological polar surface area (TPSA) is 21.3 Å². The maximum Gasteiger partial charge on any atom is 0.123 e. The summed E-state index contributed by atoms with van der Waals surface area (Å²) in [7, 11) is 1.94. The molecule has 0 aliphatic carbocycles. The van der Waals surface area contributed by atoms with E-state index in [-0.39, 0.29) is 5.82 Å². The number of thiophene rings is 1. The van der Waals surface area contributed by atoms with Gasteiger partial charge in [0.1, 0.15) is 18.2 Å². The first kappa shape index (κ1) is 14.0. The Hall–Kier alpha value is -1.91. The van der Waals surface area contributed by atoms with Gasteiger partial charge in [-0.1, -0.05) is 18.2 Å². The Morgan fingerprint density at radius 1 is 1.10 bits per heavy atom. The molecule has 0 spiro atoms. The van der Waals surface area contributed by atoms with E-state index >= 15 is 0 Å². The number of benzene rings is 2. The van der Waals surface area contributed by atoms with Gasteiger partial charge in [-0.15, -0.1) is 11.3 Å². The van der Waals surface area contributed by atoms with Crippen molar-refractivity contribution in [1.82, 2.24) is 5.32 Å². The smallest absolute Gasteiger partial charge is 0.123 e. The highest BCUT2D eigenvalue weighted by atomic mass is 32.1. The van der Waals surface area contributed by atoms with Gasteiger partial charge in [0.05, 0.1) is 0 Å². The summed E-state index contributed by atoms with van der Waals surface area (Å²) in [5.74, 6) is 0.432. The fourth-order valence-electron chi connectivity index (χ4n) is 2.30. The second-order valence-corrected chi connectivity index (χ2v) is 5.91. The van der Waals surface area contributed by atoms with Crippen LogP contribution in [0.1, 0.15) is 10.4 Å². The number of hydrogen-bond acceptors (Lipinski definition) is 3. The van der Waals surface area contributed by atoms with Crippen LogP contribution in [0, 0.1) is 5.82 Å². The normalized spacial score (nSPS) is 11.0. The van der Waals surface area contributed by atoms with E-state index in [0.717, 1.165) is 6.54 Å². The predicted octanol–water partition coefficient (Wildman–Crippen LogP) is 4.34. The Labute approximate surface area is 127 Å². The summed E-state index contributed by atoms with van der Waals surface area (Å²) < 4.78 is 20.0. The lowest BCUT2D eigenvalue weighted by Gasteiger charge is -2.08. The molecular weight excluding hydrogens is 285 g/mol. The minimum absolute atomic E-state index is 0.251. The molecule has 0 aliphatic heterocycles. The lowest BCUT2D eigenvalue weighted by Crippen LogP contribution is -2.06. The van der Waals surface area contributed by atoms with Gasteiger partial charge in [-0.05, 0) is 42.8 Å². The average molecular weight is 301 g/mol. The van der Waals surface area contributed by atoms with E-state index in [4.69, 9.17) is 4.74 Å². The molecule has 0 fully saturated rings. The SMILES string of the molecule is CNCc1sc2ccccc2c1COc1ccc(F)cc1. The molecule has 0 radical (unpaired) electrons. The molecule has 0 atom stereocenters. The molecule has 4 heteroatoms. The van der Waals surface area contributed by atoms with Crippen molar-refractivity contribution in [2.75, 3.05) is 7.05 Å². The number of halogens is 1. The van der Waals surface area contributed by atoms with E-state index in [0.29, 0.717) is 12.4 Å².